The molecule has 0 aromatic heterocycles. The third-order valence-corrected chi connectivity index (χ3v) is 3.30. The van der Waals surface area contributed by atoms with Crippen LogP contribution in [-0.2, 0) is 11.3 Å². The molecule has 3 nitrogen and oxygen atoms in total. The highest BCUT2D eigenvalue weighted by Gasteiger charge is 2.23. The number of rotatable bonds is 7. The van der Waals surface area contributed by atoms with Gasteiger partial charge in [0.25, 0.3) is 0 Å². The molecule has 2 N–H and O–H groups in total. The molecular formula is C16H26N2O. The average molecular weight is 262 g/mol. The molecular weight excluding hydrogens is 236 g/mol. The van der Waals surface area contributed by atoms with E-state index in [1.807, 2.05) is 30.0 Å². The van der Waals surface area contributed by atoms with E-state index in [9.17, 15) is 4.79 Å². The molecule has 0 aliphatic heterocycles. The van der Waals surface area contributed by atoms with E-state index in [0.29, 0.717) is 19.0 Å². The van der Waals surface area contributed by atoms with Crippen LogP contribution >= 0.6 is 0 Å². The molecule has 3 heteroatoms. The minimum absolute atomic E-state index is 0.0522. The van der Waals surface area contributed by atoms with Crippen molar-refractivity contribution in [1.29, 1.82) is 0 Å². The van der Waals surface area contributed by atoms with E-state index in [1.54, 1.807) is 0 Å². The second-order valence-electron chi connectivity index (χ2n) is 5.40. The van der Waals surface area contributed by atoms with Crippen LogP contribution in [0.5, 0.6) is 0 Å². The lowest BCUT2D eigenvalue weighted by molar-refractivity contribution is -0.136. The maximum Gasteiger partial charge on any atom is 0.227 e. The lowest BCUT2D eigenvalue weighted by atomic mass is 9.95. The summed E-state index contributed by atoms with van der Waals surface area (Å²) in [5.41, 5.74) is 6.93. The van der Waals surface area contributed by atoms with Gasteiger partial charge in [-0.15, -0.1) is 0 Å². The minimum atomic E-state index is -0.0522. The zero-order valence-corrected chi connectivity index (χ0v) is 12.3. The van der Waals surface area contributed by atoms with E-state index in [0.717, 1.165) is 18.5 Å². The van der Waals surface area contributed by atoms with Crippen molar-refractivity contribution in [1.82, 2.24) is 4.90 Å². The standard InChI is InChI=1S/C16H26N2O/c1-4-18(12-14-8-6-5-7-9-14)16(19)15(11-17)10-13(2)3/h5-9,13,15H,4,10-12,17H2,1-3H3. The molecule has 0 aliphatic rings. The zero-order valence-electron chi connectivity index (χ0n) is 12.3. The SMILES string of the molecule is CCN(Cc1ccccc1)C(=O)C(CN)CC(C)C. The summed E-state index contributed by atoms with van der Waals surface area (Å²) in [6.07, 6.45) is 0.862. The van der Waals surface area contributed by atoms with Crippen LogP contribution in [0.25, 0.3) is 0 Å². The lowest BCUT2D eigenvalue weighted by Gasteiger charge is -2.26. The molecule has 106 valence electrons. The van der Waals surface area contributed by atoms with Crippen LogP contribution < -0.4 is 5.73 Å². The molecule has 1 amide bonds. The Hall–Kier alpha value is -1.35. The molecule has 0 radical (unpaired) electrons. The van der Waals surface area contributed by atoms with Crippen molar-refractivity contribution in [3.63, 3.8) is 0 Å². The van der Waals surface area contributed by atoms with Gasteiger partial charge >= 0.3 is 0 Å². The van der Waals surface area contributed by atoms with Crippen molar-refractivity contribution in [3.05, 3.63) is 35.9 Å². The highest BCUT2D eigenvalue weighted by molar-refractivity contribution is 5.79. The van der Waals surface area contributed by atoms with Crippen molar-refractivity contribution < 1.29 is 4.79 Å². The van der Waals surface area contributed by atoms with Gasteiger partial charge in [-0.25, -0.2) is 0 Å². The summed E-state index contributed by atoms with van der Waals surface area (Å²) >= 11 is 0. The Bertz CT molecular complexity index is 376. The Morgan fingerprint density at radius 1 is 1.26 bits per heavy atom. The Balaban J connectivity index is 2.70. The first-order valence-electron chi connectivity index (χ1n) is 7.11. The number of benzene rings is 1. The topological polar surface area (TPSA) is 46.3 Å². The first-order chi connectivity index (χ1) is 9.08. The molecule has 0 fully saturated rings. The van der Waals surface area contributed by atoms with Gasteiger partial charge in [0.15, 0.2) is 0 Å². The van der Waals surface area contributed by atoms with Gasteiger partial charge in [0.05, 0.1) is 5.92 Å². The molecule has 1 aromatic rings. The highest BCUT2D eigenvalue weighted by atomic mass is 16.2. The summed E-state index contributed by atoms with van der Waals surface area (Å²) in [4.78, 5) is 14.4. The molecule has 1 aromatic carbocycles. The third-order valence-electron chi connectivity index (χ3n) is 3.30. The number of hydrogen-bond acceptors (Lipinski definition) is 2. The maximum absolute atomic E-state index is 12.5. The Morgan fingerprint density at radius 2 is 1.89 bits per heavy atom. The summed E-state index contributed by atoms with van der Waals surface area (Å²) in [6, 6.07) is 10.1. The van der Waals surface area contributed by atoms with Crippen molar-refractivity contribution in [2.45, 2.75) is 33.7 Å². The number of amides is 1. The summed E-state index contributed by atoms with van der Waals surface area (Å²) in [6.45, 7) is 8.10. The fourth-order valence-electron chi connectivity index (χ4n) is 2.27. The largest absolute Gasteiger partial charge is 0.338 e. The molecule has 0 spiro atoms. The van der Waals surface area contributed by atoms with E-state index in [2.05, 4.69) is 26.0 Å². The molecule has 1 rings (SSSR count). The van der Waals surface area contributed by atoms with Crippen LogP contribution in [0.2, 0.25) is 0 Å². The van der Waals surface area contributed by atoms with Crippen LogP contribution in [0, 0.1) is 11.8 Å². The maximum atomic E-state index is 12.5. The summed E-state index contributed by atoms with van der Waals surface area (Å²) in [7, 11) is 0. The van der Waals surface area contributed by atoms with Crippen molar-refractivity contribution in [2.24, 2.45) is 17.6 Å². The number of carbonyl (C=O) groups excluding carboxylic acids is 1. The smallest absolute Gasteiger partial charge is 0.227 e. The fraction of sp³-hybridized carbons (Fsp3) is 0.562. The Labute approximate surface area is 116 Å². The van der Waals surface area contributed by atoms with Crippen molar-refractivity contribution in [3.8, 4) is 0 Å². The number of carbonyl (C=O) groups is 1. The van der Waals surface area contributed by atoms with Crippen LogP contribution in [-0.4, -0.2) is 23.9 Å². The summed E-state index contributed by atoms with van der Waals surface area (Å²) in [5, 5.41) is 0. The third kappa shape index (κ3) is 5.03. The van der Waals surface area contributed by atoms with E-state index in [1.165, 1.54) is 0 Å². The molecule has 0 aliphatic carbocycles. The fourth-order valence-corrected chi connectivity index (χ4v) is 2.27. The molecule has 1 atom stereocenters. The molecule has 0 bridgehead atoms. The molecule has 0 heterocycles. The van der Waals surface area contributed by atoms with Crippen LogP contribution in [0.1, 0.15) is 32.8 Å². The quantitative estimate of drug-likeness (QED) is 0.821. The van der Waals surface area contributed by atoms with Gasteiger partial charge in [-0.2, -0.15) is 0 Å². The highest BCUT2D eigenvalue weighted by Crippen LogP contribution is 2.15. The summed E-state index contributed by atoms with van der Waals surface area (Å²) < 4.78 is 0. The van der Waals surface area contributed by atoms with Gasteiger partial charge in [0.1, 0.15) is 0 Å². The second kappa shape index (κ2) is 7.95. The predicted molar refractivity (Wildman–Crippen MR) is 79.5 cm³/mol. The van der Waals surface area contributed by atoms with Gasteiger partial charge < -0.3 is 10.6 Å². The number of nitrogens with zero attached hydrogens (tertiary/aromatic N) is 1. The van der Waals surface area contributed by atoms with Gasteiger partial charge in [-0.3, -0.25) is 4.79 Å². The lowest BCUT2D eigenvalue weighted by Crippen LogP contribution is -2.39. The predicted octanol–water partition coefficient (Wildman–Crippen LogP) is 2.66. The first-order valence-corrected chi connectivity index (χ1v) is 7.11. The molecule has 0 saturated carbocycles. The Kier molecular flexibility index (Phi) is 6.57. The van der Waals surface area contributed by atoms with E-state index in [4.69, 9.17) is 5.73 Å². The van der Waals surface area contributed by atoms with Crippen LogP contribution in [0.3, 0.4) is 0 Å². The normalized spacial score (nSPS) is 12.5. The second-order valence-corrected chi connectivity index (χ2v) is 5.40. The first kappa shape index (κ1) is 15.7. The van der Waals surface area contributed by atoms with E-state index >= 15 is 0 Å². The monoisotopic (exact) mass is 262 g/mol. The molecule has 1 unspecified atom stereocenters. The van der Waals surface area contributed by atoms with E-state index < -0.39 is 0 Å². The number of nitrogens with two attached hydrogens (primary N) is 1. The summed E-state index contributed by atoms with van der Waals surface area (Å²) in [5.74, 6) is 0.624. The van der Waals surface area contributed by atoms with Gasteiger partial charge in [0, 0.05) is 19.6 Å². The van der Waals surface area contributed by atoms with E-state index in [-0.39, 0.29) is 11.8 Å². The van der Waals surface area contributed by atoms with Crippen molar-refractivity contribution in [2.75, 3.05) is 13.1 Å². The molecule has 0 saturated heterocycles. The van der Waals surface area contributed by atoms with Crippen LogP contribution in [0.15, 0.2) is 30.3 Å². The molecule has 19 heavy (non-hydrogen) atoms. The van der Waals surface area contributed by atoms with Gasteiger partial charge in [-0.1, -0.05) is 44.2 Å². The van der Waals surface area contributed by atoms with Gasteiger partial charge in [-0.05, 0) is 24.8 Å². The van der Waals surface area contributed by atoms with Crippen LogP contribution in [0.4, 0.5) is 0 Å². The van der Waals surface area contributed by atoms with Crippen molar-refractivity contribution >= 4 is 5.91 Å². The zero-order chi connectivity index (χ0) is 14.3. The Morgan fingerprint density at radius 3 is 2.37 bits per heavy atom. The number of hydrogen-bond donors (Lipinski definition) is 1. The minimum Gasteiger partial charge on any atom is -0.338 e. The average Bonchev–Trinajstić information content (AvgIpc) is 2.42. The van der Waals surface area contributed by atoms with Gasteiger partial charge in [0.2, 0.25) is 5.91 Å².